The molecule has 0 aromatic carbocycles. The average molecular weight is 162 g/mol. The van der Waals surface area contributed by atoms with Crippen molar-refractivity contribution in [2.24, 2.45) is 0 Å². The monoisotopic (exact) mass is 162 g/mol. The molecule has 2 heteroatoms. The third-order valence-corrected chi connectivity index (χ3v) is 1.90. The van der Waals surface area contributed by atoms with Crippen molar-refractivity contribution in [2.45, 2.75) is 6.92 Å². The fourth-order valence-electron chi connectivity index (χ4n) is 1.06. The summed E-state index contributed by atoms with van der Waals surface area (Å²) in [5.74, 6) is 0. The van der Waals surface area contributed by atoms with Crippen LogP contribution in [0.15, 0.2) is 24.9 Å². The zero-order valence-corrected chi connectivity index (χ0v) is 7.62. The third-order valence-electron chi connectivity index (χ3n) is 1.90. The number of pyridine rings is 1. The van der Waals surface area contributed by atoms with Gasteiger partial charge in [0.25, 0.3) is 0 Å². The molecule has 0 aliphatic heterocycles. The van der Waals surface area contributed by atoms with Crippen LogP contribution in [0.25, 0.3) is 6.08 Å². The van der Waals surface area contributed by atoms with Crippen LogP contribution in [0.3, 0.4) is 0 Å². The SMILES string of the molecule is C=Cc1ncccc1N(C)CC. The lowest BCUT2D eigenvalue weighted by Crippen LogP contribution is -2.17. The van der Waals surface area contributed by atoms with Gasteiger partial charge >= 0.3 is 0 Å². The Morgan fingerprint density at radius 3 is 3.00 bits per heavy atom. The van der Waals surface area contributed by atoms with Crippen LogP contribution < -0.4 is 4.90 Å². The molecule has 1 rings (SSSR count). The molecule has 1 heterocycles. The molecule has 0 spiro atoms. The summed E-state index contributed by atoms with van der Waals surface area (Å²) in [6, 6.07) is 3.99. The summed E-state index contributed by atoms with van der Waals surface area (Å²) in [6.45, 7) is 6.81. The highest BCUT2D eigenvalue weighted by atomic mass is 15.1. The van der Waals surface area contributed by atoms with Crippen molar-refractivity contribution in [3.63, 3.8) is 0 Å². The largest absolute Gasteiger partial charge is 0.373 e. The molecule has 1 aromatic heterocycles. The highest BCUT2D eigenvalue weighted by Crippen LogP contribution is 2.16. The van der Waals surface area contributed by atoms with Crippen LogP contribution in [0, 0.1) is 0 Å². The van der Waals surface area contributed by atoms with Crippen LogP contribution in [0.1, 0.15) is 12.6 Å². The number of nitrogens with zero attached hydrogens (tertiary/aromatic N) is 2. The van der Waals surface area contributed by atoms with Gasteiger partial charge in [-0.25, -0.2) is 0 Å². The van der Waals surface area contributed by atoms with Crippen LogP contribution >= 0.6 is 0 Å². The summed E-state index contributed by atoms with van der Waals surface area (Å²) in [5.41, 5.74) is 2.08. The minimum atomic E-state index is 0.946. The lowest BCUT2D eigenvalue weighted by Gasteiger charge is -2.17. The second-order valence-electron chi connectivity index (χ2n) is 2.63. The molecule has 0 saturated carbocycles. The van der Waals surface area contributed by atoms with Gasteiger partial charge in [-0.05, 0) is 25.1 Å². The number of rotatable bonds is 3. The number of aromatic nitrogens is 1. The van der Waals surface area contributed by atoms with Crippen molar-refractivity contribution < 1.29 is 0 Å². The molecule has 0 radical (unpaired) electrons. The zero-order valence-electron chi connectivity index (χ0n) is 7.62. The smallest absolute Gasteiger partial charge is 0.0857 e. The highest BCUT2D eigenvalue weighted by Gasteiger charge is 2.01. The van der Waals surface area contributed by atoms with Gasteiger partial charge in [-0.2, -0.15) is 0 Å². The normalized spacial score (nSPS) is 9.50. The molecule has 0 fully saturated rings. The molecule has 12 heavy (non-hydrogen) atoms. The van der Waals surface area contributed by atoms with E-state index in [1.165, 1.54) is 0 Å². The van der Waals surface area contributed by atoms with Crippen LogP contribution in [-0.2, 0) is 0 Å². The molecular formula is C10H14N2. The molecule has 0 bridgehead atoms. The molecule has 0 aliphatic rings. The Morgan fingerprint density at radius 1 is 1.67 bits per heavy atom. The number of hydrogen-bond acceptors (Lipinski definition) is 2. The Balaban J connectivity index is 3.04. The van der Waals surface area contributed by atoms with E-state index in [9.17, 15) is 0 Å². The Hall–Kier alpha value is -1.31. The van der Waals surface area contributed by atoms with E-state index in [0.717, 1.165) is 17.9 Å². The number of hydrogen-bond donors (Lipinski definition) is 0. The first-order valence-electron chi connectivity index (χ1n) is 4.08. The van der Waals surface area contributed by atoms with Crippen LogP contribution in [0.5, 0.6) is 0 Å². The van der Waals surface area contributed by atoms with Crippen molar-refractivity contribution in [2.75, 3.05) is 18.5 Å². The molecular weight excluding hydrogens is 148 g/mol. The maximum absolute atomic E-state index is 4.21. The summed E-state index contributed by atoms with van der Waals surface area (Å²) in [5, 5.41) is 0. The quantitative estimate of drug-likeness (QED) is 0.677. The topological polar surface area (TPSA) is 16.1 Å². The second kappa shape index (κ2) is 3.90. The van der Waals surface area contributed by atoms with E-state index in [2.05, 4.69) is 23.4 Å². The summed E-state index contributed by atoms with van der Waals surface area (Å²) in [6.07, 6.45) is 3.56. The van der Waals surface area contributed by atoms with Gasteiger partial charge in [-0.15, -0.1) is 0 Å². The van der Waals surface area contributed by atoms with E-state index in [4.69, 9.17) is 0 Å². The average Bonchev–Trinajstić information content (AvgIpc) is 2.16. The summed E-state index contributed by atoms with van der Waals surface area (Å²) < 4.78 is 0. The second-order valence-corrected chi connectivity index (χ2v) is 2.63. The van der Waals surface area contributed by atoms with Gasteiger partial charge < -0.3 is 4.90 Å². The predicted molar refractivity (Wildman–Crippen MR) is 53.3 cm³/mol. The van der Waals surface area contributed by atoms with Gasteiger partial charge in [0.05, 0.1) is 11.4 Å². The van der Waals surface area contributed by atoms with E-state index in [1.807, 2.05) is 19.2 Å². The first-order chi connectivity index (χ1) is 5.79. The molecule has 0 amide bonds. The van der Waals surface area contributed by atoms with Crippen molar-refractivity contribution >= 4 is 11.8 Å². The van der Waals surface area contributed by atoms with E-state index in [-0.39, 0.29) is 0 Å². The first kappa shape index (κ1) is 8.78. The first-order valence-corrected chi connectivity index (χ1v) is 4.08. The summed E-state index contributed by atoms with van der Waals surface area (Å²) in [7, 11) is 2.05. The summed E-state index contributed by atoms with van der Waals surface area (Å²) in [4.78, 5) is 6.35. The molecule has 0 N–H and O–H groups in total. The maximum Gasteiger partial charge on any atom is 0.0857 e. The highest BCUT2D eigenvalue weighted by molar-refractivity contribution is 5.62. The van der Waals surface area contributed by atoms with Crippen molar-refractivity contribution in [3.05, 3.63) is 30.6 Å². The molecule has 1 aromatic rings. The Kier molecular flexibility index (Phi) is 2.86. The summed E-state index contributed by atoms with van der Waals surface area (Å²) >= 11 is 0. The lowest BCUT2D eigenvalue weighted by molar-refractivity contribution is 0.958. The fraction of sp³-hybridized carbons (Fsp3) is 0.300. The minimum Gasteiger partial charge on any atom is -0.373 e. The Bertz CT molecular complexity index is 268. The van der Waals surface area contributed by atoms with Gasteiger partial charge in [0, 0.05) is 19.8 Å². The Morgan fingerprint density at radius 2 is 2.42 bits per heavy atom. The van der Waals surface area contributed by atoms with Gasteiger partial charge in [-0.3, -0.25) is 4.98 Å². The molecule has 0 aliphatic carbocycles. The van der Waals surface area contributed by atoms with Gasteiger partial charge in [0.2, 0.25) is 0 Å². The van der Waals surface area contributed by atoms with E-state index >= 15 is 0 Å². The molecule has 64 valence electrons. The molecule has 0 saturated heterocycles. The molecule has 0 unspecified atom stereocenters. The zero-order chi connectivity index (χ0) is 8.97. The van der Waals surface area contributed by atoms with Crippen molar-refractivity contribution in [1.29, 1.82) is 0 Å². The van der Waals surface area contributed by atoms with Gasteiger partial charge in [0.15, 0.2) is 0 Å². The van der Waals surface area contributed by atoms with Gasteiger partial charge in [0.1, 0.15) is 0 Å². The van der Waals surface area contributed by atoms with E-state index < -0.39 is 0 Å². The minimum absolute atomic E-state index is 0.946. The molecule has 2 nitrogen and oxygen atoms in total. The van der Waals surface area contributed by atoms with Crippen LogP contribution in [0.2, 0.25) is 0 Å². The van der Waals surface area contributed by atoms with Crippen LogP contribution in [-0.4, -0.2) is 18.6 Å². The Labute approximate surface area is 73.5 Å². The van der Waals surface area contributed by atoms with Crippen molar-refractivity contribution in [1.82, 2.24) is 4.98 Å². The van der Waals surface area contributed by atoms with Gasteiger partial charge in [-0.1, -0.05) is 6.58 Å². The van der Waals surface area contributed by atoms with E-state index in [1.54, 1.807) is 12.3 Å². The predicted octanol–water partition coefficient (Wildman–Crippen LogP) is 2.18. The standard InChI is InChI=1S/C10H14N2/c1-4-9-10(12(3)5-2)7-6-8-11-9/h4,6-8H,1,5H2,2-3H3. The number of anilines is 1. The van der Waals surface area contributed by atoms with E-state index in [0.29, 0.717) is 0 Å². The third kappa shape index (κ3) is 1.64. The lowest BCUT2D eigenvalue weighted by atomic mass is 10.2. The fourth-order valence-corrected chi connectivity index (χ4v) is 1.06. The van der Waals surface area contributed by atoms with Crippen LogP contribution in [0.4, 0.5) is 5.69 Å². The molecule has 0 atom stereocenters. The van der Waals surface area contributed by atoms with Crippen molar-refractivity contribution in [3.8, 4) is 0 Å². The maximum atomic E-state index is 4.21.